The van der Waals surface area contributed by atoms with Crippen molar-refractivity contribution < 1.29 is 4.92 Å². The van der Waals surface area contributed by atoms with Gasteiger partial charge in [0.05, 0.1) is 4.92 Å². The van der Waals surface area contributed by atoms with E-state index in [1.165, 1.54) is 12.3 Å². The molecule has 12 heavy (non-hydrogen) atoms. The number of nitrogens with two attached hydrogens (primary N) is 1. The van der Waals surface area contributed by atoms with Gasteiger partial charge in [0.25, 0.3) is 0 Å². The van der Waals surface area contributed by atoms with Crippen molar-refractivity contribution in [3.63, 3.8) is 0 Å². The zero-order chi connectivity index (χ0) is 9.14. The standard InChI is InChI=1S/C7H7N3O2/c1-2-5-3-9-4-6(7(5)8)10(11)12/h2-4H,1H2,(H2,8,9). The number of anilines is 1. The minimum Gasteiger partial charge on any atom is -0.393 e. The van der Waals surface area contributed by atoms with Crippen molar-refractivity contribution in [2.45, 2.75) is 0 Å². The van der Waals surface area contributed by atoms with Crippen LogP contribution in [0.2, 0.25) is 0 Å². The normalized spacial score (nSPS) is 9.33. The Labute approximate surface area is 68.7 Å². The summed E-state index contributed by atoms with van der Waals surface area (Å²) in [4.78, 5) is 13.4. The second-order valence-electron chi connectivity index (χ2n) is 2.12. The third-order valence-corrected chi connectivity index (χ3v) is 1.41. The second kappa shape index (κ2) is 3.00. The molecule has 62 valence electrons. The Morgan fingerprint density at radius 2 is 2.33 bits per heavy atom. The first-order valence-corrected chi connectivity index (χ1v) is 3.17. The maximum absolute atomic E-state index is 10.3. The molecule has 0 aromatic carbocycles. The average molecular weight is 165 g/mol. The van der Waals surface area contributed by atoms with Gasteiger partial charge in [0.15, 0.2) is 0 Å². The van der Waals surface area contributed by atoms with E-state index in [1.54, 1.807) is 0 Å². The van der Waals surface area contributed by atoms with Crippen LogP contribution in [0.5, 0.6) is 0 Å². The molecule has 0 radical (unpaired) electrons. The summed E-state index contributed by atoms with van der Waals surface area (Å²) in [5.41, 5.74) is 5.83. The first kappa shape index (κ1) is 8.19. The van der Waals surface area contributed by atoms with Crippen LogP contribution in [0.4, 0.5) is 11.4 Å². The van der Waals surface area contributed by atoms with Gasteiger partial charge in [-0.25, -0.2) is 0 Å². The fourth-order valence-corrected chi connectivity index (χ4v) is 0.783. The molecule has 5 nitrogen and oxygen atoms in total. The summed E-state index contributed by atoms with van der Waals surface area (Å²) in [6.07, 6.45) is 3.97. The minimum atomic E-state index is -0.574. The quantitative estimate of drug-likeness (QED) is 0.527. The lowest BCUT2D eigenvalue weighted by molar-refractivity contribution is -0.384. The number of pyridine rings is 1. The van der Waals surface area contributed by atoms with E-state index >= 15 is 0 Å². The molecule has 0 bridgehead atoms. The van der Waals surface area contributed by atoms with Crippen LogP contribution >= 0.6 is 0 Å². The molecule has 1 rings (SSSR count). The van der Waals surface area contributed by atoms with Crippen molar-refractivity contribution in [1.82, 2.24) is 4.98 Å². The predicted octanol–water partition coefficient (Wildman–Crippen LogP) is 1.21. The lowest BCUT2D eigenvalue weighted by Crippen LogP contribution is -1.98. The number of hydrogen-bond acceptors (Lipinski definition) is 4. The largest absolute Gasteiger partial charge is 0.393 e. The van der Waals surface area contributed by atoms with Crippen LogP contribution in [0.1, 0.15) is 5.56 Å². The third-order valence-electron chi connectivity index (χ3n) is 1.41. The zero-order valence-corrected chi connectivity index (χ0v) is 6.23. The number of nitro groups is 1. The smallest absolute Gasteiger partial charge is 0.310 e. The minimum absolute atomic E-state index is 0.102. The van der Waals surface area contributed by atoms with E-state index in [4.69, 9.17) is 5.73 Å². The van der Waals surface area contributed by atoms with Gasteiger partial charge in [-0.15, -0.1) is 0 Å². The van der Waals surface area contributed by atoms with E-state index in [1.807, 2.05) is 0 Å². The molecule has 0 aliphatic carbocycles. The Morgan fingerprint density at radius 1 is 1.67 bits per heavy atom. The lowest BCUT2D eigenvalue weighted by Gasteiger charge is -1.98. The Hall–Kier alpha value is -1.91. The summed E-state index contributed by atoms with van der Waals surface area (Å²) >= 11 is 0. The summed E-state index contributed by atoms with van der Waals surface area (Å²) in [6.45, 7) is 3.45. The molecule has 0 fully saturated rings. The van der Waals surface area contributed by atoms with Gasteiger partial charge in [0, 0.05) is 11.8 Å². The molecule has 0 amide bonds. The number of hydrogen-bond donors (Lipinski definition) is 1. The summed E-state index contributed by atoms with van der Waals surface area (Å²) in [7, 11) is 0. The van der Waals surface area contributed by atoms with Gasteiger partial charge in [-0.05, 0) is 0 Å². The zero-order valence-electron chi connectivity index (χ0n) is 6.23. The Balaban J connectivity index is 3.32. The summed E-state index contributed by atoms with van der Waals surface area (Å²) in [5, 5.41) is 10.3. The van der Waals surface area contributed by atoms with E-state index in [2.05, 4.69) is 11.6 Å². The molecule has 0 unspecified atom stereocenters. The maximum Gasteiger partial charge on any atom is 0.310 e. The monoisotopic (exact) mass is 165 g/mol. The highest BCUT2D eigenvalue weighted by Crippen LogP contribution is 2.23. The molecule has 1 heterocycles. The fourth-order valence-electron chi connectivity index (χ4n) is 0.783. The van der Waals surface area contributed by atoms with Crippen molar-refractivity contribution in [2.75, 3.05) is 5.73 Å². The van der Waals surface area contributed by atoms with Gasteiger partial charge in [-0.2, -0.15) is 0 Å². The molecule has 0 saturated carbocycles. The lowest BCUT2D eigenvalue weighted by atomic mass is 10.2. The average Bonchev–Trinajstić information content (AvgIpc) is 2.04. The van der Waals surface area contributed by atoms with Gasteiger partial charge in [0.2, 0.25) is 0 Å². The van der Waals surface area contributed by atoms with E-state index < -0.39 is 4.92 Å². The van der Waals surface area contributed by atoms with Crippen molar-refractivity contribution in [1.29, 1.82) is 0 Å². The molecule has 1 aromatic rings. The highest BCUT2D eigenvalue weighted by molar-refractivity contribution is 5.70. The van der Waals surface area contributed by atoms with E-state index in [9.17, 15) is 10.1 Å². The van der Waals surface area contributed by atoms with Crippen LogP contribution < -0.4 is 5.73 Å². The van der Waals surface area contributed by atoms with E-state index in [-0.39, 0.29) is 11.4 Å². The number of aromatic nitrogens is 1. The first-order valence-electron chi connectivity index (χ1n) is 3.17. The van der Waals surface area contributed by atoms with Crippen molar-refractivity contribution in [3.05, 3.63) is 34.7 Å². The highest BCUT2D eigenvalue weighted by atomic mass is 16.6. The topological polar surface area (TPSA) is 82.0 Å². The van der Waals surface area contributed by atoms with Crippen LogP contribution in [0.25, 0.3) is 6.08 Å². The van der Waals surface area contributed by atoms with Gasteiger partial charge < -0.3 is 5.73 Å². The predicted molar refractivity (Wildman–Crippen MR) is 45.4 cm³/mol. The molecule has 0 saturated heterocycles. The fraction of sp³-hybridized carbons (Fsp3) is 0. The van der Waals surface area contributed by atoms with Crippen LogP contribution in [0.3, 0.4) is 0 Å². The highest BCUT2D eigenvalue weighted by Gasteiger charge is 2.12. The third kappa shape index (κ3) is 1.24. The Bertz CT molecular complexity index is 335. The van der Waals surface area contributed by atoms with Crippen LogP contribution in [0, 0.1) is 10.1 Å². The van der Waals surface area contributed by atoms with Gasteiger partial charge in [-0.1, -0.05) is 12.7 Å². The molecular weight excluding hydrogens is 158 g/mol. The van der Waals surface area contributed by atoms with Gasteiger partial charge in [0.1, 0.15) is 11.9 Å². The summed E-state index contributed by atoms with van der Waals surface area (Å²) < 4.78 is 0. The first-order chi connectivity index (χ1) is 5.66. The molecule has 2 N–H and O–H groups in total. The van der Waals surface area contributed by atoms with Gasteiger partial charge in [-0.3, -0.25) is 15.1 Å². The SMILES string of the molecule is C=Cc1cncc([N+](=O)[O-])c1N. The Morgan fingerprint density at radius 3 is 2.83 bits per heavy atom. The number of nitrogens with zero attached hydrogens (tertiary/aromatic N) is 2. The summed E-state index contributed by atoms with van der Waals surface area (Å²) in [6, 6.07) is 0. The number of rotatable bonds is 2. The van der Waals surface area contributed by atoms with Gasteiger partial charge >= 0.3 is 5.69 Å². The molecular formula is C7H7N3O2. The van der Waals surface area contributed by atoms with Crippen molar-refractivity contribution in [2.24, 2.45) is 0 Å². The molecule has 0 aliphatic rings. The molecule has 5 heteroatoms. The molecule has 1 aromatic heterocycles. The maximum atomic E-state index is 10.3. The second-order valence-corrected chi connectivity index (χ2v) is 2.12. The van der Waals surface area contributed by atoms with Crippen molar-refractivity contribution >= 4 is 17.5 Å². The van der Waals surface area contributed by atoms with Crippen molar-refractivity contribution in [3.8, 4) is 0 Å². The van der Waals surface area contributed by atoms with Crippen LogP contribution in [0.15, 0.2) is 19.0 Å². The number of nitrogen functional groups attached to an aromatic ring is 1. The Kier molecular flexibility index (Phi) is 2.05. The van der Waals surface area contributed by atoms with E-state index in [0.29, 0.717) is 5.56 Å². The molecule has 0 aliphatic heterocycles. The molecule has 0 spiro atoms. The van der Waals surface area contributed by atoms with Crippen LogP contribution in [-0.4, -0.2) is 9.91 Å². The van der Waals surface area contributed by atoms with E-state index in [0.717, 1.165) is 6.20 Å². The molecule has 0 atom stereocenters. The van der Waals surface area contributed by atoms with Crippen LogP contribution in [-0.2, 0) is 0 Å². The summed E-state index contributed by atoms with van der Waals surface area (Å²) in [5.74, 6) is 0.